The number of rotatable bonds is 53. The molecule has 0 heterocycles. The number of carbonyl (C=O) groups is 3. The number of unbranched alkanes of at least 4 members (excludes halogenated alkanes) is 14. The Balaban J connectivity index is 4.24. The molecule has 2 unspecified atom stereocenters. The van der Waals surface area contributed by atoms with Gasteiger partial charge < -0.3 is 28.5 Å². The molecule has 9 heteroatoms. The molecule has 1 N–H and O–H groups in total. The lowest BCUT2D eigenvalue weighted by Crippen LogP contribution is -2.40. The van der Waals surface area contributed by atoms with Crippen molar-refractivity contribution in [3.63, 3.8) is 0 Å². The van der Waals surface area contributed by atoms with E-state index in [2.05, 4.69) is 160 Å². The second kappa shape index (κ2) is 57.3. The smallest absolute Gasteiger partial charge is 0.361 e. The molecule has 0 aliphatic rings. The number of carbonyl (C=O) groups excluding carboxylic acids is 2. The molecular formula is C68H110NO8+. The predicted molar refractivity (Wildman–Crippen MR) is 327 cm³/mol. The van der Waals surface area contributed by atoms with Crippen molar-refractivity contribution >= 4 is 17.9 Å². The summed E-state index contributed by atoms with van der Waals surface area (Å²) in [4.78, 5) is 37.4. The first kappa shape index (κ1) is 72.2. The van der Waals surface area contributed by atoms with Crippen LogP contribution in [-0.2, 0) is 33.3 Å². The number of carboxylic acids is 1. The van der Waals surface area contributed by atoms with Crippen LogP contribution in [0.3, 0.4) is 0 Å². The van der Waals surface area contributed by atoms with E-state index in [1.807, 2.05) is 21.1 Å². The largest absolute Gasteiger partial charge is 0.477 e. The molecular weight excluding hydrogens is 959 g/mol. The van der Waals surface area contributed by atoms with E-state index in [1.54, 1.807) is 0 Å². The normalized spacial score (nSPS) is 13.8. The molecule has 0 bridgehead atoms. The number of aliphatic carboxylic acids is 1. The highest BCUT2D eigenvalue weighted by atomic mass is 16.7. The Morgan fingerprint density at radius 1 is 0.390 bits per heavy atom. The second-order valence-electron chi connectivity index (χ2n) is 20.5. The molecule has 0 aliphatic carbocycles. The summed E-state index contributed by atoms with van der Waals surface area (Å²) >= 11 is 0. The topological polar surface area (TPSA) is 108 Å². The predicted octanol–water partition coefficient (Wildman–Crippen LogP) is 18.0. The Hall–Kier alpha value is -4.83. The molecule has 77 heavy (non-hydrogen) atoms. The van der Waals surface area contributed by atoms with Crippen LogP contribution in [0, 0.1) is 0 Å². The molecule has 434 valence electrons. The zero-order valence-corrected chi connectivity index (χ0v) is 49.3. The van der Waals surface area contributed by atoms with E-state index in [1.165, 1.54) is 38.5 Å². The average Bonchev–Trinajstić information content (AvgIpc) is 3.40. The number of quaternary nitrogens is 1. The van der Waals surface area contributed by atoms with Crippen molar-refractivity contribution in [1.82, 2.24) is 0 Å². The molecule has 9 nitrogen and oxygen atoms in total. The van der Waals surface area contributed by atoms with Crippen LogP contribution in [0.5, 0.6) is 0 Å². The highest BCUT2D eigenvalue weighted by Gasteiger charge is 2.25. The second-order valence-corrected chi connectivity index (χ2v) is 20.5. The summed E-state index contributed by atoms with van der Waals surface area (Å²) < 4.78 is 22.8. The molecule has 0 aromatic rings. The zero-order chi connectivity index (χ0) is 56.2. The number of hydrogen-bond acceptors (Lipinski definition) is 7. The van der Waals surface area contributed by atoms with Crippen LogP contribution in [0.2, 0.25) is 0 Å². The number of allylic oxidation sites excluding steroid dienone is 24. The first-order chi connectivity index (χ1) is 37.6. The summed E-state index contributed by atoms with van der Waals surface area (Å²) in [7, 11) is 5.95. The number of esters is 2. The Bertz CT molecular complexity index is 1770. The first-order valence-corrected chi connectivity index (χ1v) is 30.0. The fourth-order valence-corrected chi connectivity index (χ4v) is 7.55. The van der Waals surface area contributed by atoms with Crippen LogP contribution in [0.1, 0.15) is 206 Å². The molecule has 0 amide bonds. The summed E-state index contributed by atoms with van der Waals surface area (Å²) in [5.74, 6) is -2.06. The third-order valence-electron chi connectivity index (χ3n) is 12.1. The van der Waals surface area contributed by atoms with Crippen LogP contribution in [-0.4, -0.2) is 87.4 Å². The molecule has 0 aromatic heterocycles. The van der Waals surface area contributed by atoms with Crippen molar-refractivity contribution < 1.29 is 42.9 Å². The maximum Gasteiger partial charge on any atom is 0.361 e. The first-order valence-electron chi connectivity index (χ1n) is 30.0. The molecule has 0 radical (unpaired) electrons. The van der Waals surface area contributed by atoms with Crippen molar-refractivity contribution in [3.8, 4) is 0 Å². The van der Waals surface area contributed by atoms with Gasteiger partial charge in [-0.15, -0.1) is 0 Å². The lowest BCUT2D eigenvalue weighted by Gasteiger charge is -2.25. The van der Waals surface area contributed by atoms with Crippen LogP contribution in [0.15, 0.2) is 146 Å². The minimum Gasteiger partial charge on any atom is -0.477 e. The van der Waals surface area contributed by atoms with Gasteiger partial charge in [0.05, 0.1) is 34.4 Å². The van der Waals surface area contributed by atoms with Gasteiger partial charge in [0.15, 0.2) is 6.10 Å². The molecule has 0 fully saturated rings. The van der Waals surface area contributed by atoms with E-state index in [-0.39, 0.29) is 38.6 Å². The van der Waals surface area contributed by atoms with Crippen molar-refractivity contribution in [1.29, 1.82) is 0 Å². The van der Waals surface area contributed by atoms with Gasteiger partial charge >= 0.3 is 17.9 Å². The minimum absolute atomic E-state index is 0.175. The number of nitrogens with zero attached hydrogens (tertiary/aromatic N) is 1. The summed E-state index contributed by atoms with van der Waals surface area (Å²) in [6.07, 6.45) is 80.7. The van der Waals surface area contributed by atoms with Gasteiger partial charge in [-0.05, 0) is 116 Å². The van der Waals surface area contributed by atoms with Gasteiger partial charge in [-0.1, -0.05) is 224 Å². The van der Waals surface area contributed by atoms with Crippen molar-refractivity contribution in [2.24, 2.45) is 0 Å². The van der Waals surface area contributed by atoms with Gasteiger partial charge in [-0.2, -0.15) is 0 Å². The monoisotopic (exact) mass is 1070 g/mol. The molecule has 0 saturated heterocycles. The van der Waals surface area contributed by atoms with E-state index in [0.717, 1.165) is 128 Å². The molecule has 0 spiro atoms. The lowest BCUT2D eigenvalue weighted by atomic mass is 10.0. The van der Waals surface area contributed by atoms with Crippen molar-refractivity contribution in [2.75, 3.05) is 47.5 Å². The Labute approximate surface area is 471 Å². The van der Waals surface area contributed by atoms with E-state index >= 15 is 0 Å². The third-order valence-corrected chi connectivity index (χ3v) is 12.1. The van der Waals surface area contributed by atoms with Gasteiger partial charge in [0, 0.05) is 12.8 Å². The third kappa shape index (κ3) is 58.7. The number of hydrogen-bond donors (Lipinski definition) is 1. The lowest BCUT2D eigenvalue weighted by molar-refractivity contribution is -0.870. The fraction of sp³-hybridized carbons (Fsp3) is 0.603. The molecule has 0 aromatic carbocycles. The maximum absolute atomic E-state index is 12.9. The Morgan fingerprint density at radius 3 is 1.04 bits per heavy atom. The van der Waals surface area contributed by atoms with E-state index in [0.29, 0.717) is 23.9 Å². The average molecular weight is 1070 g/mol. The molecule has 0 saturated carbocycles. The van der Waals surface area contributed by atoms with E-state index in [9.17, 15) is 19.5 Å². The van der Waals surface area contributed by atoms with Gasteiger partial charge in [0.25, 0.3) is 6.29 Å². The maximum atomic E-state index is 12.9. The summed E-state index contributed by atoms with van der Waals surface area (Å²) in [5.41, 5.74) is 0. The highest BCUT2D eigenvalue weighted by molar-refractivity contribution is 5.71. The van der Waals surface area contributed by atoms with Crippen molar-refractivity contribution in [2.45, 2.75) is 219 Å². The highest BCUT2D eigenvalue weighted by Crippen LogP contribution is 2.14. The van der Waals surface area contributed by atoms with Crippen molar-refractivity contribution in [3.05, 3.63) is 146 Å². The van der Waals surface area contributed by atoms with E-state index < -0.39 is 24.3 Å². The van der Waals surface area contributed by atoms with Crippen LogP contribution < -0.4 is 0 Å². The molecule has 0 rings (SSSR count). The van der Waals surface area contributed by atoms with Gasteiger partial charge in [-0.3, -0.25) is 9.59 Å². The quantitative estimate of drug-likeness (QED) is 0.0211. The Morgan fingerprint density at radius 2 is 0.701 bits per heavy atom. The molecule has 2 atom stereocenters. The zero-order valence-electron chi connectivity index (χ0n) is 49.3. The summed E-state index contributed by atoms with van der Waals surface area (Å²) in [5, 5.41) is 9.70. The summed E-state index contributed by atoms with van der Waals surface area (Å²) in [6.45, 7) is 4.59. The Kier molecular flexibility index (Phi) is 53.8. The van der Waals surface area contributed by atoms with Gasteiger partial charge in [0.2, 0.25) is 0 Å². The van der Waals surface area contributed by atoms with Gasteiger partial charge in [0.1, 0.15) is 13.2 Å². The number of ether oxygens (including phenoxy) is 4. The van der Waals surface area contributed by atoms with Crippen LogP contribution >= 0.6 is 0 Å². The van der Waals surface area contributed by atoms with Crippen LogP contribution in [0.4, 0.5) is 0 Å². The standard InChI is InChI=1S/C68H109NO8/c1-6-8-10-12-14-16-18-20-22-24-25-26-27-28-29-30-31-32-33-34-35-36-37-38-39-40-41-43-45-47-49-51-53-55-57-59-66(71)77-64(63-76-68(67(72)73)74-61-60-69(3,4)5)62-75-65(70)58-56-54-52-50-48-46-44-42-23-21-19-17-15-13-11-9-7-2/h8-11,14-17,20-23,25-26,28-29,31-32,34-35,37-38,44,46,64,68H,6-7,12-13,18-19,24,27,30,33,36,39-43,45,47-63H2,1-5H3/p+1/b10-8-,11-9-,16-14-,17-15-,22-20-,23-21-,26-25-,29-28-,32-31-,35-34-,38-37-,46-44-. The summed E-state index contributed by atoms with van der Waals surface area (Å²) in [6, 6.07) is 0. The fourth-order valence-electron chi connectivity index (χ4n) is 7.55. The minimum atomic E-state index is -1.53. The van der Waals surface area contributed by atoms with Crippen LogP contribution in [0.25, 0.3) is 0 Å². The number of likely N-dealkylation sites (N-methyl/N-ethyl adjacent to an activating group) is 1. The molecule has 0 aliphatic heterocycles. The SMILES string of the molecule is CC/C=C\C/C=C\C/C=C\C/C=C\C/C=C\C/C=C\C/C=C\C/C=C\CCCCCCCCCCCCC(=O)OC(COC(=O)CCCCCC/C=C\C/C=C\C/C=C\C/C=C\CC)COC(OCC[N+](C)(C)C)C(=O)O. The number of carboxylic acid groups (broad SMARTS) is 1. The van der Waals surface area contributed by atoms with E-state index in [4.69, 9.17) is 18.9 Å². The van der Waals surface area contributed by atoms with Gasteiger partial charge in [-0.25, -0.2) is 4.79 Å².